The van der Waals surface area contributed by atoms with Crippen LogP contribution in [0.1, 0.15) is 17.5 Å². The van der Waals surface area contributed by atoms with Gasteiger partial charge < -0.3 is 10.4 Å². The summed E-state index contributed by atoms with van der Waals surface area (Å²) in [5.41, 5.74) is 1.84. The van der Waals surface area contributed by atoms with Crippen LogP contribution in [0.25, 0.3) is 0 Å². The lowest BCUT2D eigenvalue weighted by Gasteiger charge is -2.06. The summed E-state index contributed by atoms with van der Waals surface area (Å²) in [6, 6.07) is 13.0. The van der Waals surface area contributed by atoms with E-state index in [0.717, 1.165) is 24.0 Å². The molecule has 0 saturated carbocycles. The number of nitrogens with one attached hydrogen (secondary N) is 1. The van der Waals surface area contributed by atoms with Crippen LogP contribution in [0, 0.1) is 5.82 Å². The van der Waals surface area contributed by atoms with E-state index in [2.05, 4.69) is 5.32 Å². The molecule has 0 aliphatic carbocycles. The van der Waals surface area contributed by atoms with Crippen molar-refractivity contribution in [1.29, 1.82) is 0 Å². The standard InChI is InChI=1S/C17H18FNO2/c18-15-8-6-14(7-9-15)12-17(21)19-10-2-4-13-3-1-5-16(20)11-13/h1,3,5-9,11,20H,2,4,10,12H2,(H,19,21). The van der Waals surface area contributed by atoms with Crippen molar-refractivity contribution < 1.29 is 14.3 Å². The molecule has 2 aromatic carbocycles. The minimum Gasteiger partial charge on any atom is -0.508 e. The molecule has 3 nitrogen and oxygen atoms in total. The SMILES string of the molecule is O=C(Cc1ccc(F)cc1)NCCCc1cccc(O)c1. The zero-order chi connectivity index (χ0) is 15.1. The highest BCUT2D eigenvalue weighted by Crippen LogP contribution is 2.12. The van der Waals surface area contributed by atoms with E-state index < -0.39 is 0 Å². The van der Waals surface area contributed by atoms with Gasteiger partial charge in [0.05, 0.1) is 6.42 Å². The normalized spacial score (nSPS) is 10.3. The smallest absolute Gasteiger partial charge is 0.224 e. The number of carbonyl (C=O) groups is 1. The first-order chi connectivity index (χ1) is 10.1. The number of hydrogen-bond acceptors (Lipinski definition) is 2. The fourth-order valence-electron chi connectivity index (χ4n) is 2.08. The predicted octanol–water partition coefficient (Wildman–Crippen LogP) is 2.82. The van der Waals surface area contributed by atoms with Crippen LogP contribution in [-0.2, 0) is 17.6 Å². The van der Waals surface area contributed by atoms with Crippen molar-refractivity contribution in [3.8, 4) is 5.75 Å². The molecule has 2 N–H and O–H groups in total. The number of benzene rings is 2. The van der Waals surface area contributed by atoms with Gasteiger partial charge in [-0.2, -0.15) is 0 Å². The first kappa shape index (κ1) is 15.0. The summed E-state index contributed by atoms with van der Waals surface area (Å²) in [6.07, 6.45) is 1.86. The zero-order valence-electron chi connectivity index (χ0n) is 11.7. The van der Waals surface area contributed by atoms with Gasteiger partial charge >= 0.3 is 0 Å². The van der Waals surface area contributed by atoms with Crippen LogP contribution in [-0.4, -0.2) is 17.6 Å². The number of phenols is 1. The molecular formula is C17H18FNO2. The minimum atomic E-state index is -0.301. The van der Waals surface area contributed by atoms with E-state index >= 15 is 0 Å². The lowest BCUT2D eigenvalue weighted by atomic mass is 10.1. The van der Waals surface area contributed by atoms with Crippen LogP contribution in [0.2, 0.25) is 0 Å². The molecule has 110 valence electrons. The van der Waals surface area contributed by atoms with Gasteiger partial charge in [-0.3, -0.25) is 4.79 Å². The maximum absolute atomic E-state index is 12.7. The van der Waals surface area contributed by atoms with Crippen LogP contribution in [0.4, 0.5) is 4.39 Å². The van der Waals surface area contributed by atoms with Gasteiger partial charge in [0.15, 0.2) is 0 Å². The molecule has 0 saturated heterocycles. The first-order valence-corrected chi connectivity index (χ1v) is 6.92. The largest absolute Gasteiger partial charge is 0.508 e. The van der Waals surface area contributed by atoms with Gasteiger partial charge in [0.1, 0.15) is 11.6 Å². The quantitative estimate of drug-likeness (QED) is 0.803. The second-order valence-electron chi connectivity index (χ2n) is 4.93. The summed E-state index contributed by atoms with van der Waals surface area (Å²) in [7, 11) is 0. The number of hydrogen-bond donors (Lipinski definition) is 2. The molecule has 0 heterocycles. The second-order valence-corrected chi connectivity index (χ2v) is 4.93. The molecular weight excluding hydrogens is 269 g/mol. The Morgan fingerprint density at radius 2 is 1.86 bits per heavy atom. The Hall–Kier alpha value is -2.36. The van der Waals surface area contributed by atoms with Gasteiger partial charge in [-0.1, -0.05) is 24.3 Å². The molecule has 0 aliphatic heterocycles. The van der Waals surface area contributed by atoms with Crippen molar-refractivity contribution in [1.82, 2.24) is 5.32 Å². The maximum atomic E-state index is 12.7. The van der Waals surface area contributed by atoms with E-state index in [4.69, 9.17) is 0 Å². The molecule has 0 fully saturated rings. The fraction of sp³-hybridized carbons (Fsp3) is 0.235. The van der Waals surface area contributed by atoms with E-state index in [-0.39, 0.29) is 23.9 Å². The zero-order valence-corrected chi connectivity index (χ0v) is 11.7. The number of carbonyl (C=O) groups excluding carboxylic acids is 1. The monoisotopic (exact) mass is 287 g/mol. The Labute approximate surface area is 123 Å². The lowest BCUT2D eigenvalue weighted by molar-refractivity contribution is -0.120. The van der Waals surface area contributed by atoms with Gasteiger partial charge in [0.25, 0.3) is 0 Å². The Morgan fingerprint density at radius 3 is 2.57 bits per heavy atom. The Kier molecular flexibility index (Phi) is 5.32. The number of aryl methyl sites for hydroxylation is 1. The van der Waals surface area contributed by atoms with Gasteiger partial charge in [-0.05, 0) is 48.2 Å². The maximum Gasteiger partial charge on any atom is 0.224 e. The van der Waals surface area contributed by atoms with Crippen molar-refractivity contribution >= 4 is 5.91 Å². The molecule has 1 amide bonds. The van der Waals surface area contributed by atoms with E-state index in [9.17, 15) is 14.3 Å². The molecule has 0 radical (unpaired) electrons. The second kappa shape index (κ2) is 7.43. The number of phenolic OH excluding ortho intramolecular Hbond substituents is 1. The molecule has 21 heavy (non-hydrogen) atoms. The van der Waals surface area contributed by atoms with Gasteiger partial charge in [0, 0.05) is 6.54 Å². The highest BCUT2D eigenvalue weighted by molar-refractivity contribution is 5.78. The molecule has 0 atom stereocenters. The Bertz CT molecular complexity index is 596. The molecule has 0 unspecified atom stereocenters. The summed E-state index contributed by atoms with van der Waals surface area (Å²) in [6.45, 7) is 0.579. The minimum absolute atomic E-state index is 0.0717. The summed E-state index contributed by atoms with van der Waals surface area (Å²) in [4.78, 5) is 11.7. The average Bonchev–Trinajstić information content (AvgIpc) is 2.46. The molecule has 0 aromatic heterocycles. The number of halogens is 1. The van der Waals surface area contributed by atoms with Crippen LogP contribution in [0.3, 0.4) is 0 Å². The lowest BCUT2D eigenvalue weighted by Crippen LogP contribution is -2.26. The Morgan fingerprint density at radius 1 is 1.10 bits per heavy atom. The van der Waals surface area contributed by atoms with Gasteiger partial charge in [0.2, 0.25) is 5.91 Å². The third kappa shape index (κ3) is 5.26. The van der Waals surface area contributed by atoms with Crippen LogP contribution >= 0.6 is 0 Å². The highest BCUT2D eigenvalue weighted by atomic mass is 19.1. The van der Waals surface area contributed by atoms with E-state index in [1.807, 2.05) is 6.07 Å². The highest BCUT2D eigenvalue weighted by Gasteiger charge is 2.03. The van der Waals surface area contributed by atoms with Crippen molar-refractivity contribution in [2.45, 2.75) is 19.3 Å². The molecule has 4 heteroatoms. The molecule has 2 aromatic rings. The van der Waals surface area contributed by atoms with Gasteiger partial charge in [-0.15, -0.1) is 0 Å². The number of amides is 1. The van der Waals surface area contributed by atoms with Crippen LogP contribution in [0.5, 0.6) is 5.75 Å². The Balaban J connectivity index is 1.68. The molecule has 0 spiro atoms. The average molecular weight is 287 g/mol. The number of rotatable bonds is 6. The van der Waals surface area contributed by atoms with E-state index in [1.165, 1.54) is 12.1 Å². The summed E-state index contributed by atoms with van der Waals surface area (Å²) in [5.74, 6) is -0.115. The molecule has 2 rings (SSSR count). The van der Waals surface area contributed by atoms with Crippen molar-refractivity contribution in [3.05, 3.63) is 65.5 Å². The summed E-state index contributed by atoms with van der Waals surface area (Å²) < 4.78 is 12.7. The van der Waals surface area contributed by atoms with Gasteiger partial charge in [-0.25, -0.2) is 4.39 Å². The fourth-order valence-corrected chi connectivity index (χ4v) is 2.08. The summed E-state index contributed by atoms with van der Waals surface area (Å²) in [5, 5.41) is 12.2. The van der Waals surface area contributed by atoms with Crippen LogP contribution in [0.15, 0.2) is 48.5 Å². The van der Waals surface area contributed by atoms with Crippen LogP contribution < -0.4 is 5.32 Å². The van der Waals surface area contributed by atoms with Crippen molar-refractivity contribution in [2.24, 2.45) is 0 Å². The molecule has 0 bridgehead atoms. The first-order valence-electron chi connectivity index (χ1n) is 6.92. The van der Waals surface area contributed by atoms with Crippen molar-refractivity contribution in [3.63, 3.8) is 0 Å². The molecule has 0 aliphatic rings. The third-order valence-corrected chi connectivity index (χ3v) is 3.15. The van der Waals surface area contributed by atoms with Crippen molar-refractivity contribution in [2.75, 3.05) is 6.54 Å². The van der Waals surface area contributed by atoms with E-state index in [0.29, 0.717) is 6.54 Å². The summed E-state index contributed by atoms with van der Waals surface area (Å²) >= 11 is 0. The third-order valence-electron chi connectivity index (χ3n) is 3.15. The topological polar surface area (TPSA) is 49.3 Å². The van der Waals surface area contributed by atoms with E-state index in [1.54, 1.807) is 30.3 Å². The predicted molar refractivity (Wildman–Crippen MR) is 79.5 cm³/mol. The number of aromatic hydroxyl groups is 1.